The van der Waals surface area contributed by atoms with E-state index in [9.17, 15) is 0 Å². The summed E-state index contributed by atoms with van der Waals surface area (Å²) in [6.07, 6.45) is 0. The monoisotopic (exact) mass is 209 g/mol. The van der Waals surface area contributed by atoms with Crippen molar-refractivity contribution in [3.8, 4) is 0 Å². The summed E-state index contributed by atoms with van der Waals surface area (Å²) in [6, 6.07) is 0. The second-order valence-corrected chi connectivity index (χ2v) is 6.16. The van der Waals surface area contributed by atoms with Crippen molar-refractivity contribution in [3.63, 3.8) is 0 Å². The SMILES string of the molecule is NCCOP12(NCCO1)NCCO2. The molecule has 0 bridgehead atoms. The second kappa shape index (κ2) is 3.40. The minimum absolute atomic E-state index is 0.442. The van der Waals surface area contributed by atoms with Crippen LogP contribution in [0.5, 0.6) is 0 Å². The Morgan fingerprint density at radius 3 is 2.23 bits per heavy atom. The molecule has 0 aromatic carbocycles. The third-order valence-electron chi connectivity index (χ3n) is 2.07. The van der Waals surface area contributed by atoms with Crippen molar-refractivity contribution in [2.24, 2.45) is 5.73 Å². The van der Waals surface area contributed by atoms with Gasteiger partial charge in [0.15, 0.2) is 0 Å². The van der Waals surface area contributed by atoms with Gasteiger partial charge in [0.1, 0.15) is 0 Å². The Kier molecular flexibility index (Phi) is 2.55. The summed E-state index contributed by atoms with van der Waals surface area (Å²) in [5, 5.41) is 6.36. The molecule has 2 aliphatic rings. The van der Waals surface area contributed by atoms with E-state index in [4.69, 9.17) is 19.3 Å². The molecule has 78 valence electrons. The fourth-order valence-corrected chi connectivity index (χ4v) is 4.68. The summed E-state index contributed by atoms with van der Waals surface area (Å²) >= 11 is 0. The van der Waals surface area contributed by atoms with Crippen LogP contribution in [0.2, 0.25) is 0 Å². The van der Waals surface area contributed by atoms with Crippen LogP contribution in [0.4, 0.5) is 0 Å². The van der Waals surface area contributed by atoms with Gasteiger partial charge in [-0.05, 0) is 0 Å². The first-order chi connectivity index (χ1) is 6.29. The standard InChI is InChI=1S/C6H16N3O3P/c7-1-4-10-13(8-2-5-11-13)9-3-6-12-13/h8-9H,1-7H2. The van der Waals surface area contributed by atoms with Gasteiger partial charge >= 0.3 is 76.5 Å². The fourth-order valence-electron chi connectivity index (χ4n) is 1.56. The first-order valence-corrected chi connectivity index (χ1v) is 6.47. The first-order valence-electron chi connectivity index (χ1n) is 4.48. The summed E-state index contributed by atoms with van der Waals surface area (Å²) in [6.45, 7) is 3.67. The van der Waals surface area contributed by atoms with Gasteiger partial charge in [-0.2, -0.15) is 0 Å². The Labute approximate surface area is 77.4 Å². The molecule has 2 aliphatic heterocycles. The Balaban J connectivity index is 2.09. The van der Waals surface area contributed by atoms with E-state index >= 15 is 0 Å². The van der Waals surface area contributed by atoms with Crippen molar-refractivity contribution in [3.05, 3.63) is 0 Å². The molecule has 0 aliphatic carbocycles. The van der Waals surface area contributed by atoms with E-state index in [1.165, 1.54) is 0 Å². The summed E-state index contributed by atoms with van der Waals surface area (Å²) in [7, 11) is -3.09. The summed E-state index contributed by atoms with van der Waals surface area (Å²) in [5.74, 6) is 0. The van der Waals surface area contributed by atoms with Crippen molar-refractivity contribution in [1.29, 1.82) is 0 Å². The number of hydrogen-bond donors (Lipinski definition) is 3. The molecule has 13 heavy (non-hydrogen) atoms. The molecule has 1 spiro atoms. The van der Waals surface area contributed by atoms with E-state index < -0.39 is 7.59 Å². The molecule has 0 atom stereocenters. The molecule has 2 rings (SSSR count). The zero-order valence-electron chi connectivity index (χ0n) is 7.49. The zero-order valence-corrected chi connectivity index (χ0v) is 8.39. The normalized spacial score (nSPS) is 33.2. The maximum absolute atomic E-state index is 5.63. The molecular formula is C6H16N3O3P. The van der Waals surface area contributed by atoms with Crippen LogP contribution < -0.4 is 15.9 Å². The van der Waals surface area contributed by atoms with Gasteiger partial charge in [-0.15, -0.1) is 0 Å². The average Bonchev–Trinajstić information content (AvgIpc) is 2.75. The topological polar surface area (TPSA) is 77.8 Å². The molecule has 6 nitrogen and oxygen atoms in total. The fraction of sp³-hybridized carbons (Fsp3) is 1.00. The van der Waals surface area contributed by atoms with Crippen molar-refractivity contribution >= 4 is 7.59 Å². The molecule has 0 aromatic rings. The van der Waals surface area contributed by atoms with Gasteiger partial charge in [-0.1, -0.05) is 0 Å². The van der Waals surface area contributed by atoms with Crippen molar-refractivity contribution in [1.82, 2.24) is 10.2 Å². The van der Waals surface area contributed by atoms with Crippen LogP contribution in [-0.4, -0.2) is 39.5 Å². The van der Waals surface area contributed by atoms with E-state index in [-0.39, 0.29) is 0 Å². The van der Waals surface area contributed by atoms with Gasteiger partial charge in [-0.3, -0.25) is 0 Å². The molecular weight excluding hydrogens is 193 g/mol. The molecule has 4 N–H and O–H groups in total. The molecule has 0 unspecified atom stereocenters. The van der Waals surface area contributed by atoms with Crippen molar-refractivity contribution in [2.75, 3.05) is 39.5 Å². The van der Waals surface area contributed by atoms with E-state index in [0.29, 0.717) is 26.4 Å². The summed E-state index contributed by atoms with van der Waals surface area (Å²) in [5.41, 5.74) is 5.38. The molecule has 0 radical (unpaired) electrons. The van der Waals surface area contributed by atoms with Crippen LogP contribution in [0.1, 0.15) is 0 Å². The van der Waals surface area contributed by atoms with Crippen LogP contribution in [0, 0.1) is 0 Å². The van der Waals surface area contributed by atoms with Gasteiger partial charge in [0.05, 0.1) is 0 Å². The van der Waals surface area contributed by atoms with Crippen LogP contribution in [0.25, 0.3) is 0 Å². The van der Waals surface area contributed by atoms with Gasteiger partial charge in [-0.25, -0.2) is 0 Å². The molecule has 0 saturated carbocycles. The van der Waals surface area contributed by atoms with Gasteiger partial charge in [0.25, 0.3) is 0 Å². The first kappa shape index (κ1) is 9.73. The second-order valence-electron chi connectivity index (χ2n) is 2.99. The maximum atomic E-state index is 5.63. The number of nitrogens with two attached hydrogens (primary N) is 1. The van der Waals surface area contributed by atoms with E-state index in [1.54, 1.807) is 0 Å². The molecule has 2 saturated heterocycles. The molecule has 2 heterocycles. The number of nitrogens with one attached hydrogen (secondary N) is 2. The van der Waals surface area contributed by atoms with Crippen LogP contribution in [0.3, 0.4) is 0 Å². The Hall–Kier alpha value is 0.190. The number of hydrogen-bond acceptors (Lipinski definition) is 6. The minimum atomic E-state index is -3.09. The van der Waals surface area contributed by atoms with E-state index in [0.717, 1.165) is 13.1 Å². The predicted octanol–water partition coefficient (Wildman–Crippen LogP) is -0.670. The quantitative estimate of drug-likeness (QED) is 0.535. The van der Waals surface area contributed by atoms with Gasteiger partial charge in [0.2, 0.25) is 0 Å². The summed E-state index contributed by atoms with van der Waals surface area (Å²) < 4.78 is 16.8. The van der Waals surface area contributed by atoms with Crippen LogP contribution in [-0.2, 0) is 13.6 Å². The van der Waals surface area contributed by atoms with Crippen LogP contribution >= 0.6 is 7.59 Å². The predicted molar refractivity (Wildman–Crippen MR) is 49.8 cm³/mol. The Morgan fingerprint density at radius 2 is 1.85 bits per heavy atom. The van der Waals surface area contributed by atoms with Gasteiger partial charge < -0.3 is 0 Å². The average molecular weight is 209 g/mol. The zero-order chi connectivity index (χ0) is 9.23. The van der Waals surface area contributed by atoms with E-state index in [2.05, 4.69) is 10.2 Å². The number of rotatable bonds is 3. The molecule has 2 fully saturated rings. The third-order valence-corrected chi connectivity index (χ3v) is 5.56. The third kappa shape index (κ3) is 1.59. The van der Waals surface area contributed by atoms with E-state index in [1.807, 2.05) is 0 Å². The van der Waals surface area contributed by atoms with Gasteiger partial charge in [0, 0.05) is 0 Å². The Bertz CT molecular complexity index is 168. The molecule has 7 heteroatoms. The summed E-state index contributed by atoms with van der Waals surface area (Å²) in [4.78, 5) is 0. The molecule has 0 amide bonds. The van der Waals surface area contributed by atoms with Crippen LogP contribution in [0.15, 0.2) is 0 Å². The molecule has 0 aromatic heterocycles. The Morgan fingerprint density at radius 1 is 1.23 bits per heavy atom. The van der Waals surface area contributed by atoms with Crippen molar-refractivity contribution in [2.45, 2.75) is 0 Å². The van der Waals surface area contributed by atoms with Crippen molar-refractivity contribution < 1.29 is 13.6 Å².